The first kappa shape index (κ1) is 21.2. The lowest BCUT2D eigenvalue weighted by Crippen LogP contribution is -2.44. The van der Waals surface area contributed by atoms with Crippen LogP contribution in [0.15, 0.2) is 22.6 Å². The Morgan fingerprint density at radius 1 is 1.23 bits per heavy atom. The van der Waals surface area contributed by atoms with Crippen molar-refractivity contribution >= 4 is 23.0 Å². The van der Waals surface area contributed by atoms with Gasteiger partial charge in [0.2, 0.25) is 5.91 Å². The predicted molar refractivity (Wildman–Crippen MR) is 122 cm³/mol. The highest BCUT2D eigenvalue weighted by Gasteiger charge is 2.36. The van der Waals surface area contributed by atoms with Crippen LogP contribution in [0.1, 0.15) is 71.3 Å². The Morgan fingerprint density at radius 3 is 2.73 bits per heavy atom. The molecule has 1 saturated heterocycles. The van der Waals surface area contributed by atoms with E-state index >= 15 is 0 Å². The number of nitrogens with zero attached hydrogens (tertiary/aromatic N) is 2. The van der Waals surface area contributed by atoms with E-state index in [1.54, 1.807) is 0 Å². The summed E-state index contributed by atoms with van der Waals surface area (Å²) in [5, 5.41) is 3.25. The van der Waals surface area contributed by atoms with Gasteiger partial charge in [-0.15, -0.1) is 0 Å². The van der Waals surface area contributed by atoms with Crippen molar-refractivity contribution in [1.29, 1.82) is 0 Å². The molecule has 2 aromatic rings. The van der Waals surface area contributed by atoms with Gasteiger partial charge in [-0.25, -0.2) is 0 Å². The highest BCUT2D eigenvalue weighted by Crippen LogP contribution is 2.40. The summed E-state index contributed by atoms with van der Waals surface area (Å²) in [5.74, 6) is 1.34. The zero-order chi connectivity index (χ0) is 21.3. The molecule has 0 radical (unpaired) electrons. The van der Waals surface area contributed by atoms with E-state index in [0.29, 0.717) is 30.8 Å². The maximum atomic E-state index is 12.8. The van der Waals surface area contributed by atoms with Gasteiger partial charge < -0.3 is 14.6 Å². The van der Waals surface area contributed by atoms with Gasteiger partial charge in [0.15, 0.2) is 5.58 Å². The van der Waals surface area contributed by atoms with Crippen molar-refractivity contribution in [2.24, 2.45) is 17.3 Å². The van der Waals surface area contributed by atoms with Crippen LogP contribution in [0.2, 0.25) is 0 Å². The molecule has 1 amide bonds. The number of hydrogen-bond acceptors (Lipinski definition) is 4. The van der Waals surface area contributed by atoms with Crippen molar-refractivity contribution in [3.63, 3.8) is 0 Å². The second kappa shape index (κ2) is 8.60. The Balaban J connectivity index is 1.39. The van der Waals surface area contributed by atoms with Crippen LogP contribution < -0.4 is 10.2 Å². The molecule has 5 nitrogen and oxygen atoms in total. The van der Waals surface area contributed by atoms with E-state index in [1.807, 2.05) is 12.1 Å². The van der Waals surface area contributed by atoms with Crippen LogP contribution in [0.4, 0.5) is 6.01 Å². The zero-order valence-corrected chi connectivity index (χ0v) is 19.0. The lowest BCUT2D eigenvalue weighted by molar-refractivity contribution is -0.124. The summed E-state index contributed by atoms with van der Waals surface area (Å²) in [5.41, 5.74) is 2.95. The highest BCUT2D eigenvalue weighted by molar-refractivity contribution is 5.78. The lowest BCUT2D eigenvalue weighted by Gasteiger charge is -2.37. The number of nitrogens with one attached hydrogen (secondary N) is 1. The van der Waals surface area contributed by atoms with Gasteiger partial charge in [-0.1, -0.05) is 52.2 Å². The van der Waals surface area contributed by atoms with E-state index in [9.17, 15) is 4.79 Å². The molecule has 1 saturated carbocycles. The summed E-state index contributed by atoms with van der Waals surface area (Å²) in [6, 6.07) is 6.97. The van der Waals surface area contributed by atoms with E-state index in [-0.39, 0.29) is 17.4 Å². The number of oxazole rings is 1. The number of hydrogen-bond donors (Lipinski definition) is 1. The first-order chi connectivity index (χ1) is 14.3. The fraction of sp³-hybridized carbons (Fsp3) is 0.680. The zero-order valence-electron chi connectivity index (χ0n) is 19.0. The molecule has 2 heterocycles. The van der Waals surface area contributed by atoms with Crippen LogP contribution in [0, 0.1) is 24.2 Å². The number of amides is 1. The largest absolute Gasteiger partial charge is 0.423 e. The van der Waals surface area contributed by atoms with Crippen LogP contribution in [-0.2, 0) is 4.79 Å². The second-order valence-corrected chi connectivity index (χ2v) is 10.3. The van der Waals surface area contributed by atoms with E-state index in [1.165, 1.54) is 32.1 Å². The van der Waals surface area contributed by atoms with Gasteiger partial charge in [0, 0.05) is 19.5 Å². The Morgan fingerprint density at radius 2 is 2.00 bits per heavy atom. The lowest BCUT2D eigenvalue weighted by atomic mass is 9.69. The van der Waals surface area contributed by atoms with E-state index in [2.05, 4.69) is 44.0 Å². The SMILES string of the molecule is Cc1cccc2nc(N3CCC(C)C3CNC(=O)CC(C)(C)C3CCCCC3)oc12. The molecule has 0 spiro atoms. The van der Waals surface area contributed by atoms with Crippen molar-refractivity contribution < 1.29 is 9.21 Å². The number of para-hydroxylation sites is 1. The van der Waals surface area contributed by atoms with Crippen molar-refractivity contribution in [2.75, 3.05) is 18.0 Å². The van der Waals surface area contributed by atoms with Crippen LogP contribution in [0.5, 0.6) is 0 Å². The first-order valence-electron chi connectivity index (χ1n) is 11.7. The minimum Gasteiger partial charge on any atom is -0.423 e. The summed E-state index contributed by atoms with van der Waals surface area (Å²) in [6.45, 7) is 10.4. The fourth-order valence-electron chi connectivity index (χ4n) is 5.48. The maximum absolute atomic E-state index is 12.8. The molecule has 1 aromatic heterocycles. The summed E-state index contributed by atoms with van der Waals surface area (Å²) < 4.78 is 6.13. The van der Waals surface area contributed by atoms with Crippen molar-refractivity contribution in [3.8, 4) is 0 Å². The molecule has 0 bridgehead atoms. The molecule has 1 aromatic carbocycles. The van der Waals surface area contributed by atoms with Crippen molar-refractivity contribution in [1.82, 2.24) is 10.3 Å². The molecule has 30 heavy (non-hydrogen) atoms. The van der Waals surface area contributed by atoms with Gasteiger partial charge in [-0.3, -0.25) is 4.79 Å². The molecule has 2 unspecified atom stereocenters. The number of aryl methyl sites for hydroxylation is 1. The second-order valence-electron chi connectivity index (χ2n) is 10.3. The minimum atomic E-state index is 0.0727. The third kappa shape index (κ3) is 4.35. The van der Waals surface area contributed by atoms with Crippen LogP contribution in [-0.4, -0.2) is 30.0 Å². The molecule has 1 N–H and O–H groups in total. The standard InChI is InChI=1S/C25H37N3O2/c1-17-13-14-28(24-27-20-12-8-9-18(2)23(20)30-24)21(17)16-26-22(29)15-25(3,4)19-10-6-5-7-11-19/h8-9,12,17,19,21H,5-7,10-11,13-16H2,1-4H3,(H,26,29). The fourth-order valence-corrected chi connectivity index (χ4v) is 5.48. The van der Waals surface area contributed by atoms with Crippen molar-refractivity contribution in [3.05, 3.63) is 23.8 Å². The number of aromatic nitrogens is 1. The number of carbonyl (C=O) groups excluding carboxylic acids is 1. The summed E-state index contributed by atoms with van der Waals surface area (Å²) in [7, 11) is 0. The predicted octanol–water partition coefficient (Wildman–Crippen LogP) is 5.46. The molecule has 164 valence electrons. The normalized spacial score (nSPS) is 23.3. The van der Waals surface area contributed by atoms with Crippen molar-refractivity contribution in [2.45, 2.75) is 78.7 Å². The third-order valence-electron chi connectivity index (χ3n) is 7.56. The average molecular weight is 412 g/mol. The highest BCUT2D eigenvalue weighted by atomic mass is 16.4. The topological polar surface area (TPSA) is 58.4 Å². The summed E-state index contributed by atoms with van der Waals surface area (Å²) >= 11 is 0. The molecule has 4 rings (SSSR count). The number of fused-ring (bicyclic) bond motifs is 1. The smallest absolute Gasteiger partial charge is 0.298 e. The van der Waals surface area contributed by atoms with E-state index in [4.69, 9.17) is 9.40 Å². The van der Waals surface area contributed by atoms with Gasteiger partial charge >= 0.3 is 0 Å². The number of benzene rings is 1. The van der Waals surface area contributed by atoms with Gasteiger partial charge in [0.1, 0.15) is 5.52 Å². The number of carbonyl (C=O) groups is 1. The molecule has 1 aliphatic heterocycles. The summed E-state index contributed by atoms with van der Waals surface area (Å²) in [4.78, 5) is 19.8. The van der Waals surface area contributed by atoms with Gasteiger partial charge in [-0.2, -0.15) is 4.98 Å². The van der Waals surface area contributed by atoms with Gasteiger partial charge in [0.25, 0.3) is 6.01 Å². The first-order valence-corrected chi connectivity index (χ1v) is 11.7. The number of rotatable bonds is 6. The Bertz CT molecular complexity index is 882. The third-order valence-corrected chi connectivity index (χ3v) is 7.56. The molecule has 2 aliphatic rings. The Kier molecular flexibility index (Phi) is 6.08. The minimum absolute atomic E-state index is 0.0727. The van der Waals surface area contributed by atoms with Crippen LogP contribution >= 0.6 is 0 Å². The van der Waals surface area contributed by atoms with Crippen LogP contribution in [0.3, 0.4) is 0 Å². The monoisotopic (exact) mass is 411 g/mol. The quantitative estimate of drug-likeness (QED) is 0.685. The average Bonchev–Trinajstić information content (AvgIpc) is 3.31. The molecule has 2 fully saturated rings. The maximum Gasteiger partial charge on any atom is 0.298 e. The van der Waals surface area contributed by atoms with Gasteiger partial charge in [0.05, 0.1) is 6.04 Å². The van der Waals surface area contributed by atoms with E-state index in [0.717, 1.165) is 29.6 Å². The number of anilines is 1. The van der Waals surface area contributed by atoms with E-state index < -0.39 is 0 Å². The molecular formula is C25H37N3O2. The van der Waals surface area contributed by atoms with Crippen LogP contribution in [0.25, 0.3) is 11.1 Å². The molecule has 5 heteroatoms. The van der Waals surface area contributed by atoms with Gasteiger partial charge in [-0.05, 0) is 55.1 Å². The molecule has 2 atom stereocenters. The molecular weight excluding hydrogens is 374 g/mol. The molecule has 1 aliphatic carbocycles. The Hall–Kier alpha value is -2.04. The Labute approximate surface area is 180 Å². The summed E-state index contributed by atoms with van der Waals surface area (Å²) in [6.07, 6.45) is 8.22.